The largest absolute Gasteiger partial charge is 0.460 e. The fraction of sp³-hybridized carbons (Fsp3) is 0.200. The van der Waals surface area contributed by atoms with Crippen molar-refractivity contribution in [3.8, 4) is 0 Å². The van der Waals surface area contributed by atoms with Crippen molar-refractivity contribution in [2.75, 3.05) is 18.1 Å². The smallest absolute Gasteiger partial charge is 0.348 e. The molecule has 2 heterocycles. The molecule has 3 rings (SSSR count). The van der Waals surface area contributed by atoms with Gasteiger partial charge in [-0.05, 0) is 23.1 Å². The number of hydrogen-bond acceptors (Lipinski definition) is 4. The summed E-state index contributed by atoms with van der Waals surface area (Å²) < 4.78 is 5.20. The van der Waals surface area contributed by atoms with Crippen LogP contribution in [-0.2, 0) is 11.3 Å². The molecule has 1 aliphatic rings. The van der Waals surface area contributed by atoms with Gasteiger partial charge in [0.2, 0.25) is 0 Å². The summed E-state index contributed by atoms with van der Waals surface area (Å²) in [5.74, 6) is -0.351. The number of nitrogens with zero attached hydrogens (tertiary/aromatic N) is 1. The first kappa shape index (κ1) is 13.6. The fourth-order valence-electron chi connectivity index (χ4n) is 2.22. The molecule has 0 radical (unpaired) electrons. The number of para-hydroxylation sites is 1. The number of thiophene rings is 1. The van der Waals surface area contributed by atoms with Crippen LogP contribution in [0.1, 0.15) is 15.2 Å². The minimum absolute atomic E-state index is 0.165. The number of ether oxygens (including phenoxy) is 1. The van der Waals surface area contributed by atoms with E-state index in [1.54, 1.807) is 17.0 Å². The van der Waals surface area contributed by atoms with E-state index in [0.29, 0.717) is 18.0 Å². The summed E-state index contributed by atoms with van der Waals surface area (Å²) in [4.78, 5) is 25.8. The van der Waals surface area contributed by atoms with Crippen LogP contribution >= 0.6 is 11.3 Å². The van der Waals surface area contributed by atoms with E-state index in [-0.39, 0.29) is 18.6 Å². The zero-order valence-corrected chi connectivity index (χ0v) is 12.1. The van der Waals surface area contributed by atoms with Gasteiger partial charge in [0.1, 0.15) is 11.5 Å². The average Bonchev–Trinajstić information content (AvgIpc) is 3.04. The van der Waals surface area contributed by atoms with Crippen molar-refractivity contribution in [1.29, 1.82) is 0 Å². The Morgan fingerprint density at radius 3 is 2.95 bits per heavy atom. The average molecular weight is 302 g/mol. The predicted octanol–water partition coefficient (Wildman–Crippen LogP) is 2.63. The number of urea groups is 1. The van der Waals surface area contributed by atoms with Gasteiger partial charge in [-0.15, -0.1) is 11.3 Å². The van der Waals surface area contributed by atoms with E-state index in [9.17, 15) is 9.59 Å². The highest BCUT2D eigenvalue weighted by Crippen LogP contribution is 2.23. The summed E-state index contributed by atoms with van der Waals surface area (Å²) in [5.41, 5.74) is 1.93. The van der Waals surface area contributed by atoms with Gasteiger partial charge in [-0.25, -0.2) is 9.59 Å². The second-order valence-electron chi connectivity index (χ2n) is 4.55. The number of fused-ring (bicyclic) bond motifs is 1. The highest BCUT2D eigenvalue weighted by molar-refractivity contribution is 7.11. The molecule has 0 spiro atoms. The highest BCUT2D eigenvalue weighted by atomic mass is 32.1. The lowest BCUT2D eigenvalue weighted by molar-refractivity contribution is 0.0521. The fourth-order valence-corrected chi connectivity index (χ4v) is 2.83. The van der Waals surface area contributed by atoms with Gasteiger partial charge in [-0.1, -0.05) is 24.3 Å². The molecule has 108 valence electrons. The first-order valence-corrected chi connectivity index (χ1v) is 7.47. The molecular weight excluding hydrogens is 288 g/mol. The van der Waals surface area contributed by atoms with Gasteiger partial charge in [0.05, 0.1) is 12.2 Å². The Bertz CT molecular complexity index is 655. The van der Waals surface area contributed by atoms with E-state index >= 15 is 0 Å². The third-order valence-electron chi connectivity index (χ3n) is 3.23. The zero-order chi connectivity index (χ0) is 14.7. The molecule has 2 aromatic rings. The Balaban J connectivity index is 1.63. The number of carbonyl (C=O) groups is 2. The molecule has 1 N–H and O–H groups in total. The quantitative estimate of drug-likeness (QED) is 0.883. The van der Waals surface area contributed by atoms with Gasteiger partial charge < -0.3 is 10.1 Å². The molecule has 1 aliphatic heterocycles. The summed E-state index contributed by atoms with van der Waals surface area (Å²) in [6.45, 7) is 1.03. The van der Waals surface area contributed by atoms with Crippen LogP contribution in [-0.4, -0.2) is 25.2 Å². The third-order valence-corrected chi connectivity index (χ3v) is 4.08. The molecule has 1 aromatic heterocycles. The Labute approximate surface area is 126 Å². The first-order chi connectivity index (χ1) is 10.3. The molecule has 6 heteroatoms. The lowest BCUT2D eigenvalue weighted by Gasteiger charge is -2.29. The molecule has 0 atom stereocenters. The van der Waals surface area contributed by atoms with Crippen LogP contribution in [0, 0.1) is 0 Å². The van der Waals surface area contributed by atoms with Gasteiger partial charge in [-0.2, -0.15) is 0 Å². The van der Waals surface area contributed by atoms with Crippen LogP contribution in [0.4, 0.5) is 10.5 Å². The van der Waals surface area contributed by atoms with Crippen molar-refractivity contribution >= 4 is 29.0 Å². The Kier molecular flexibility index (Phi) is 3.87. The molecule has 0 saturated heterocycles. The number of amides is 2. The Hall–Kier alpha value is -2.34. The van der Waals surface area contributed by atoms with Crippen molar-refractivity contribution in [2.45, 2.75) is 6.54 Å². The standard InChI is InChI=1S/C15H14N2O3S/c18-14(13-6-3-9-21-13)20-8-7-17-12-5-2-1-4-11(12)10-16-15(17)19/h1-6,9H,7-8,10H2,(H,16,19). The molecule has 0 fully saturated rings. The van der Waals surface area contributed by atoms with Crippen molar-refractivity contribution in [3.05, 3.63) is 52.2 Å². The molecule has 21 heavy (non-hydrogen) atoms. The molecule has 2 amide bonds. The van der Waals surface area contributed by atoms with Gasteiger partial charge in [-0.3, -0.25) is 4.90 Å². The minimum atomic E-state index is -0.351. The van der Waals surface area contributed by atoms with E-state index in [0.717, 1.165) is 11.3 Å². The van der Waals surface area contributed by atoms with Gasteiger partial charge in [0.25, 0.3) is 0 Å². The summed E-state index contributed by atoms with van der Waals surface area (Å²) in [6, 6.07) is 11.0. The maximum atomic E-state index is 11.9. The number of hydrogen-bond donors (Lipinski definition) is 1. The SMILES string of the molecule is O=C(OCCN1C(=O)NCc2ccccc21)c1cccs1. The van der Waals surface area contributed by atoms with Crippen LogP contribution in [0.15, 0.2) is 41.8 Å². The van der Waals surface area contributed by atoms with Crippen molar-refractivity contribution in [3.63, 3.8) is 0 Å². The molecule has 5 nitrogen and oxygen atoms in total. The van der Waals surface area contributed by atoms with E-state index in [4.69, 9.17) is 4.74 Å². The number of rotatable bonds is 4. The lowest BCUT2D eigenvalue weighted by atomic mass is 10.1. The Morgan fingerprint density at radius 2 is 2.14 bits per heavy atom. The van der Waals surface area contributed by atoms with Gasteiger partial charge in [0, 0.05) is 6.54 Å². The van der Waals surface area contributed by atoms with Crippen molar-refractivity contribution < 1.29 is 14.3 Å². The van der Waals surface area contributed by atoms with E-state index in [2.05, 4.69) is 5.32 Å². The minimum Gasteiger partial charge on any atom is -0.460 e. The van der Waals surface area contributed by atoms with Crippen LogP contribution in [0.5, 0.6) is 0 Å². The number of carbonyl (C=O) groups excluding carboxylic acids is 2. The normalized spacial score (nSPS) is 13.5. The van der Waals surface area contributed by atoms with E-state index in [1.807, 2.05) is 29.6 Å². The second kappa shape index (κ2) is 5.97. The molecule has 0 bridgehead atoms. The van der Waals surface area contributed by atoms with Gasteiger partial charge in [0.15, 0.2) is 0 Å². The number of esters is 1. The monoisotopic (exact) mass is 302 g/mol. The lowest BCUT2D eigenvalue weighted by Crippen LogP contribution is -2.45. The molecule has 0 aliphatic carbocycles. The van der Waals surface area contributed by atoms with Crippen molar-refractivity contribution in [2.24, 2.45) is 0 Å². The zero-order valence-electron chi connectivity index (χ0n) is 11.2. The molecule has 0 unspecified atom stereocenters. The van der Waals surface area contributed by atoms with E-state index in [1.165, 1.54) is 11.3 Å². The van der Waals surface area contributed by atoms with Crippen LogP contribution < -0.4 is 10.2 Å². The number of anilines is 1. The molecule has 1 aromatic carbocycles. The molecule has 0 saturated carbocycles. The summed E-state index contributed by atoms with van der Waals surface area (Å²) in [7, 11) is 0. The summed E-state index contributed by atoms with van der Waals surface area (Å²) in [5, 5.41) is 4.63. The van der Waals surface area contributed by atoms with Gasteiger partial charge >= 0.3 is 12.0 Å². The maximum Gasteiger partial charge on any atom is 0.348 e. The number of nitrogens with one attached hydrogen (secondary N) is 1. The first-order valence-electron chi connectivity index (χ1n) is 6.59. The Morgan fingerprint density at radius 1 is 1.29 bits per heavy atom. The third kappa shape index (κ3) is 2.90. The maximum absolute atomic E-state index is 11.9. The highest BCUT2D eigenvalue weighted by Gasteiger charge is 2.23. The predicted molar refractivity (Wildman–Crippen MR) is 80.6 cm³/mol. The van der Waals surface area contributed by atoms with E-state index < -0.39 is 0 Å². The topological polar surface area (TPSA) is 58.6 Å². The van der Waals surface area contributed by atoms with Crippen molar-refractivity contribution in [1.82, 2.24) is 5.32 Å². The summed E-state index contributed by atoms with van der Waals surface area (Å²) >= 11 is 1.34. The van der Waals surface area contributed by atoms with Crippen LogP contribution in [0.3, 0.4) is 0 Å². The van der Waals surface area contributed by atoms with Crippen LogP contribution in [0.25, 0.3) is 0 Å². The second-order valence-corrected chi connectivity index (χ2v) is 5.50. The molecular formula is C15H14N2O3S. The number of benzene rings is 1. The summed E-state index contributed by atoms with van der Waals surface area (Å²) in [6.07, 6.45) is 0. The van der Waals surface area contributed by atoms with Crippen LogP contribution in [0.2, 0.25) is 0 Å².